The van der Waals surface area contributed by atoms with Crippen molar-refractivity contribution < 1.29 is 21.3 Å². The van der Waals surface area contributed by atoms with Gasteiger partial charge in [-0.05, 0) is 0 Å². The van der Waals surface area contributed by atoms with Gasteiger partial charge in [-0.25, -0.2) is 0 Å². The summed E-state index contributed by atoms with van der Waals surface area (Å²) < 4.78 is 4.05. The van der Waals surface area contributed by atoms with Crippen LogP contribution in [0.25, 0.3) is 11.1 Å². The van der Waals surface area contributed by atoms with E-state index in [2.05, 4.69) is 162 Å². The second kappa shape index (κ2) is 12.4. The Morgan fingerprint density at radius 1 is 0.636 bits per heavy atom. The third-order valence-electron chi connectivity index (χ3n) is 9.73. The Balaban J connectivity index is 1.84. The maximum atomic E-state index is 2.67. The van der Waals surface area contributed by atoms with Crippen LogP contribution in [0.1, 0.15) is 50.9 Å². The summed E-state index contributed by atoms with van der Waals surface area (Å²) in [5, 5.41) is 1.76. The summed E-state index contributed by atoms with van der Waals surface area (Å²) in [7, 11) is -3.21. The van der Waals surface area contributed by atoms with E-state index in [0.29, 0.717) is 9.17 Å². The second-order valence-corrected chi connectivity index (χ2v) is 31.2. The fourth-order valence-corrected chi connectivity index (χ4v) is 27.7. The van der Waals surface area contributed by atoms with Crippen LogP contribution in [-0.4, -0.2) is 19.4 Å². The minimum absolute atomic E-state index is 0.455. The fraction of sp³-hybridized carbons (Fsp3) is 0.293. The molecule has 4 aromatic rings. The first kappa shape index (κ1) is 31.5. The number of hydrogen-bond donors (Lipinski definition) is 0. The molecule has 4 aromatic carbocycles. The molecule has 3 heteroatoms. The Morgan fingerprint density at radius 2 is 1.11 bits per heavy atom. The van der Waals surface area contributed by atoms with Crippen LogP contribution < -0.4 is 0 Å². The molecule has 6 rings (SSSR count). The molecule has 1 atom stereocenters. The topological polar surface area (TPSA) is 0 Å². The van der Waals surface area contributed by atoms with Gasteiger partial charge in [0.2, 0.25) is 0 Å². The maximum absolute atomic E-state index is 2.87. The Labute approximate surface area is 276 Å². The van der Waals surface area contributed by atoms with E-state index >= 15 is 0 Å². The van der Waals surface area contributed by atoms with Gasteiger partial charge in [0.05, 0.1) is 0 Å². The van der Waals surface area contributed by atoms with E-state index in [1.807, 2.05) is 3.28 Å². The molecule has 0 amide bonds. The molecule has 2 aliphatic carbocycles. The SMILES string of the molecule is CCc1ccc2c(c1)[CH]([Zr]([C]1=C([Si](C)(C)C)C=CC1[Si](C)(C)C)=[C](c1ccccc1)c1ccccc1)c1cc(CC)ccc1-2. The zero-order valence-electron chi connectivity index (χ0n) is 28.0. The summed E-state index contributed by atoms with van der Waals surface area (Å²) >= 11 is -2.87. The quantitative estimate of drug-likeness (QED) is 0.162. The predicted molar refractivity (Wildman–Crippen MR) is 195 cm³/mol. The summed E-state index contributed by atoms with van der Waals surface area (Å²) in [5.41, 5.74) is 12.6. The van der Waals surface area contributed by atoms with Gasteiger partial charge in [0.15, 0.2) is 0 Å². The van der Waals surface area contributed by atoms with Crippen LogP contribution in [0.5, 0.6) is 0 Å². The van der Waals surface area contributed by atoms with Crippen molar-refractivity contribution >= 4 is 19.4 Å². The van der Waals surface area contributed by atoms with Crippen molar-refractivity contribution in [2.24, 2.45) is 0 Å². The summed E-state index contributed by atoms with van der Waals surface area (Å²) in [4.78, 5) is 0. The molecule has 0 fully saturated rings. The van der Waals surface area contributed by atoms with Crippen molar-refractivity contribution in [2.75, 3.05) is 0 Å². The van der Waals surface area contributed by atoms with Crippen LogP contribution in [-0.2, 0) is 34.1 Å². The van der Waals surface area contributed by atoms with Gasteiger partial charge in [0, 0.05) is 0 Å². The molecule has 0 heterocycles. The number of fused-ring (bicyclic) bond motifs is 3. The minimum atomic E-state index is -2.87. The molecule has 0 nitrogen and oxygen atoms in total. The molecule has 0 N–H and O–H groups in total. The van der Waals surface area contributed by atoms with Crippen molar-refractivity contribution in [3.63, 3.8) is 0 Å². The average Bonchev–Trinajstić information content (AvgIpc) is 3.60. The third-order valence-corrected chi connectivity index (χ3v) is 24.0. The molecular formula is C41H48Si2Zr. The third kappa shape index (κ3) is 5.81. The first-order valence-electron chi connectivity index (χ1n) is 16.6. The molecule has 0 spiro atoms. The number of hydrogen-bond acceptors (Lipinski definition) is 0. The Morgan fingerprint density at radius 3 is 1.52 bits per heavy atom. The van der Waals surface area contributed by atoms with Crippen molar-refractivity contribution in [2.45, 2.75) is 75.1 Å². The van der Waals surface area contributed by atoms with Crippen molar-refractivity contribution in [1.82, 2.24) is 0 Å². The number of rotatable bonds is 8. The molecule has 0 saturated heterocycles. The summed E-state index contributed by atoms with van der Waals surface area (Å²) in [6.45, 7) is 20.2. The number of allylic oxidation sites excluding steroid dienone is 4. The van der Waals surface area contributed by atoms with Gasteiger partial charge in [-0.1, -0.05) is 0 Å². The Kier molecular flexibility index (Phi) is 8.88. The average molecular weight is 688 g/mol. The molecular weight excluding hydrogens is 640 g/mol. The van der Waals surface area contributed by atoms with Crippen LogP contribution in [0.3, 0.4) is 0 Å². The Hall–Kier alpha value is -2.45. The van der Waals surface area contributed by atoms with Crippen LogP contribution in [0.15, 0.2) is 118 Å². The van der Waals surface area contributed by atoms with Crippen LogP contribution in [0.2, 0.25) is 44.8 Å². The molecule has 0 aromatic heterocycles. The summed E-state index contributed by atoms with van der Waals surface area (Å²) in [6.07, 6.45) is 7.45. The molecule has 44 heavy (non-hydrogen) atoms. The normalized spacial score (nSPS) is 16.3. The van der Waals surface area contributed by atoms with Crippen molar-refractivity contribution in [1.29, 1.82) is 0 Å². The molecule has 0 bridgehead atoms. The molecule has 0 radical (unpaired) electrons. The zero-order chi connectivity index (χ0) is 31.2. The molecule has 0 saturated carbocycles. The molecule has 1 unspecified atom stereocenters. The number of aryl methyl sites for hydroxylation is 2. The van der Waals surface area contributed by atoms with Crippen molar-refractivity contribution in [3.8, 4) is 11.1 Å². The fourth-order valence-electron chi connectivity index (χ4n) is 7.47. The van der Waals surface area contributed by atoms with E-state index in [4.69, 9.17) is 0 Å². The summed E-state index contributed by atoms with van der Waals surface area (Å²) in [6, 6.07) is 38.0. The van der Waals surface area contributed by atoms with Crippen molar-refractivity contribution in [3.05, 3.63) is 151 Å². The van der Waals surface area contributed by atoms with Crippen LogP contribution in [0, 0.1) is 0 Å². The predicted octanol–water partition coefficient (Wildman–Crippen LogP) is 11.2. The van der Waals surface area contributed by atoms with Gasteiger partial charge in [-0.3, -0.25) is 0 Å². The second-order valence-electron chi connectivity index (χ2n) is 14.8. The molecule has 224 valence electrons. The first-order chi connectivity index (χ1) is 21.0. The van der Waals surface area contributed by atoms with Crippen LogP contribution in [0.4, 0.5) is 0 Å². The van der Waals surface area contributed by atoms with E-state index in [1.54, 1.807) is 19.5 Å². The van der Waals surface area contributed by atoms with Gasteiger partial charge < -0.3 is 0 Å². The van der Waals surface area contributed by atoms with Gasteiger partial charge in [-0.15, -0.1) is 0 Å². The summed E-state index contributed by atoms with van der Waals surface area (Å²) in [5.74, 6) is 0. The van der Waals surface area contributed by atoms with E-state index in [0.717, 1.165) is 12.8 Å². The Bertz CT molecular complexity index is 1690. The molecule has 2 aliphatic rings. The number of benzene rings is 4. The van der Waals surface area contributed by atoms with Gasteiger partial charge in [0.1, 0.15) is 0 Å². The standard InChI is InChI=1S/C17H17.C13H10.C11H21Si2.Zr/c1-3-12-5-7-16-14(9-12)11-15-10-13(4-2)6-8-17(15)16;1-3-7-12(8-4-1)11-13-9-5-2-6-10-13;1-12(2,3)10-7-8-11(9-10)13(4,5)6;/h5-11H,3-4H2,1-2H3;1-10H;7-8,10H,1-6H3;. The molecule has 0 aliphatic heterocycles. The first-order valence-corrected chi connectivity index (χ1v) is 27.5. The van der Waals surface area contributed by atoms with E-state index < -0.39 is 37.4 Å². The van der Waals surface area contributed by atoms with E-state index in [-0.39, 0.29) is 0 Å². The van der Waals surface area contributed by atoms with E-state index in [1.165, 1.54) is 33.4 Å². The van der Waals surface area contributed by atoms with Crippen LogP contribution >= 0.6 is 0 Å². The van der Waals surface area contributed by atoms with E-state index in [9.17, 15) is 0 Å². The van der Waals surface area contributed by atoms with Gasteiger partial charge in [0.25, 0.3) is 0 Å². The monoisotopic (exact) mass is 686 g/mol. The zero-order valence-corrected chi connectivity index (χ0v) is 32.4. The van der Waals surface area contributed by atoms with Gasteiger partial charge in [-0.2, -0.15) is 0 Å². The van der Waals surface area contributed by atoms with Gasteiger partial charge >= 0.3 is 278 Å².